The SMILES string of the molecule is CC(c1cccc(Cl)c1)N(C)CC(N)=O. The standard InChI is InChI=1S/C11H15ClN2O/c1-8(14(2)7-11(13)15)9-4-3-5-10(12)6-9/h3-6,8H,7H2,1-2H3,(H2,13,15). The minimum absolute atomic E-state index is 0.121. The van der Waals surface area contributed by atoms with Crippen LogP contribution in [0.1, 0.15) is 18.5 Å². The highest BCUT2D eigenvalue weighted by atomic mass is 35.5. The maximum atomic E-state index is 10.8. The van der Waals surface area contributed by atoms with Gasteiger partial charge in [-0.3, -0.25) is 9.69 Å². The van der Waals surface area contributed by atoms with Crippen LogP contribution in [0.5, 0.6) is 0 Å². The molecule has 1 aromatic rings. The number of likely N-dealkylation sites (N-methyl/N-ethyl adjacent to an activating group) is 1. The molecule has 1 amide bonds. The zero-order valence-electron chi connectivity index (χ0n) is 8.90. The molecular weight excluding hydrogens is 212 g/mol. The molecule has 1 rings (SSSR count). The zero-order valence-corrected chi connectivity index (χ0v) is 9.66. The molecule has 82 valence electrons. The van der Waals surface area contributed by atoms with E-state index in [0.29, 0.717) is 5.02 Å². The average molecular weight is 227 g/mol. The van der Waals surface area contributed by atoms with E-state index in [2.05, 4.69) is 0 Å². The number of carbonyl (C=O) groups excluding carboxylic acids is 1. The Morgan fingerprint density at radius 2 is 2.27 bits per heavy atom. The van der Waals surface area contributed by atoms with Crippen molar-refractivity contribution in [2.75, 3.05) is 13.6 Å². The lowest BCUT2D eigenvalue weighted by atomic mass is 10.1. The fraction of sp³-hybridized carbons (Fsp3) is 0.364. The summed E-state index contributed by atoms with van der Waals surface area (Å²) in [6.45, 7) is 2.25. The van der Waals surface area contributed by atoms with E-state index in [9.17, 15) is 4.79 Å². The Balaban J connectivity index is 2.75. The van der Waals surface area contributed by atoms with Crippen LogP contribution in [0.15, 0.2) is 24.3 Å². The second-order valence-electron chi connectivity index (χ2n) is 3.61. The lowest BCUT2D eigenvalue weighted by Gasteiger charge is -2.23. The third-order valence-corrected chi connectivity index (χ3v) is 2.63. The Labute approximate surface area is 94.8 Å². The van der Waals surface area contributed by atoms with E-state index in [0.717, 1.165) is 5.56 Å². The van der Waals surface area contributed by atoms with Crippen LogP contribution in [0.2, 0.25) is 5.02 Å². The van der Waals surface area contributed by atoms with Crippen molar-refractivity contribution < 1.29 is 4.79 Å². The van der Waals surface area contributed by atoms with Gasteiger partial charge in [-0.2, -0.15) is 0 Å². The summed E-state index contributed by atoms with van der Waals surface area (Å²) in [4.78, 5) is 12.6. The van der Waals surface area contributed by atoms with E-state index in [4.69, 9.17) is 17.3 Å². The zero-order chi connectivity index (χ0) is 11.4. The molecular formula is C11H15ClN2O. The van der Waals surface area contributed by atoms with Crippen LogP contribution in [-0.4, -0.2) is 24.4 Å². The minimum atomic E-state index is -0.327. The summed E-state index contributed by atoms with van der Waals surface area (Å²) in [7, 11) is 1.86. The van der Waals surface area contributed by atoms with Gasteiger partial charge in [0.05, 0.1) is 6.54 Å². The molecule has 0 spiro atoms. The summed E-state index contributed by atoms with van der Waals surface area (Å²) < 4.78 is 0. The summed E-state index contributed by atoms with van der Waals surface area (Å²) in [6, 6.07) is 7.71. The predicted molar refractivity (Wildman–Crippen MR) is 61.7 cm³/mol. The number of hydrogen-bond acceptors (Lipinski definition) is 2. The molecule has 1 unspecified atom stereocenters. The first-order valence-corrected chi connectivity index (χ1v) is 5.12. The van der Waals surface area contributed by atoms with Gasteiger partial charge in [-0.15, -0.1) is 0 Å². The number of benzene rings is 1. The number of primary amides is 1. The Hall–Kier alpha value is -1.06. The highest BCUT2D eigenvalue weighted by Crippen LogP contribution is 2.21. The maximum absolute atomic E-state index is 10.8. The molecule has 0 aliphatic carbocycles. The Kier molecular flexibility index (Phi) is 4.12. The van der Waals surface area contributed by atoms with Crippen LogP contribution in [0.3, 0.4) is 0 Å². The molecule has 0 aliphatic heterocycles. The minimum Gasteiger partial charge on any atom is -0.369 e. The van der Waals surface area contributed by atoms with Gasteiger partial charge in [0, 0.05) is 11.1 Å². The lowest BCUT2D eigenvalue weighted by Crippen LogP contribution is -2.32. The molecule has 0 aromatic heterocycles. The van der Waals surface area contributed by atoms with Gasteiger partial charge < -0.3 is 5.73 Å². The smallest absolute Gasteiger partial charge is 0.231 e. The van der Waals surface area contributed by atoms with Gasteiger partial charge in [-0.1, -0.05) is 23.7 Å². The van der Waals surface area contributed by atoms with Gasteiger partial charge in [-0.25, -0.2) is 0 Å². The quantitative estimate of drug-likeness (QED) is 0.851. The number of nitrogens with zero attached hydrogens (tertiary/aromatic N) is 1. The van der Waals surface area contributed by atoms with Crippen LogP contribution >= 0.6 is 11.6 Å². The van der Waals surface area contributed by atoms with Gasteiger partial charge in [0.2, 0.25) is 5.91 Å². The predicted octanol–water partition coefficient (Wildman–Crippen LogP) is 1.82. The number of nitrogens with two attached hydrogens (primary N) is 1. The number of amides is 1. The third-order valence-electron chi connectivity index (χ3n) is 2.40. The largest absolute Gasteiger partial charge is 0.369 e. The summed E-state index contributed by atoms with van der Waals surface area (Å²) in [5.41, 5.74) is 6.21. The van der Waals surface area contributed by atoms with E-state index >= 15 is 0 Å². The molecule has 1 atom stereocenters. The fourth-order valence-corrected chi connectivity index (χ4v) is 1.60. The number of halogens is 1. The normalized spacial score (nSPS) is 12.8. The van der Waals surface area contributed by atoms with Crippen molar-refractivity contribution in [3.05, 3.63) is 34.9 Å². The van der Waals surface area contributed by atoms with Crippen LogP contribution in [0.25, 0.3) is 0 Å². The van der Waals surface area contributed by atoms with Crippen LogP contribution < -0.4 is 5.73 Å². The molecule has 0 bridgehead atoms. The monoisotopic (exact) mass is 226 g/mol. The molecule has 2 N–H and O–H groups in total. The molecule has 15 heavy (non-hydrogen) atoms. The van der Waals surface area contributed by atoms with E-state index in [-0.39, 0.29) is 18.5 Å². The highest BCUT2D eigenvalue weighted by Gasteiger charge is 2.13. The first-order chi connectivity index (χ1) is 7.00. The van der Waals surface area contributed by atoms with Crippen LogP contribution in [0, 0.1) is 0 Å². The number of hydrogen-bond donors (Lipinski definition) is 1. The van der Waals surface area contributed by atoms with E-state index < -0.39 is 0 Å². The summed E-state index contributed by atoms with van der Waals surface area (Å²) in [6.07, 6.45) is 0. The topological polar surface area (TPSA) is 46.3 Å². The number of rotatable bonds is 4. The van der Waals surface area contributed by atoms with Crippen LogP contribution in [-0.2, 0) is 4.79 Å². The molecule has 4 heteroatoms. The molecule has 1 aromatic carbocycles. The maximum Gasteiger partial charge on any atom is 0.231 e. The molecule has 0 saturated heterocycles. The van der Waals surface area contributed by atoms with Gasteiger partial charge in [0.25, 0.3) is 0 Å². The first kappa shape index (κ1) is 12.0. The van der Waals surface area contributed by atoms with Crippen molar-refractivity contribution in [2.45, 2.75) is 13.0 Å². The van der Waals surface area contributed by atoms with E-state index in [1.165, 1.54) is 0 Å². The molecule has 0 radical (unpaired) electrons. The second kappa shape index (κ2) is 5.14. The van der Waals surface area contributed by atoms with Gasteiger partial charge in [0.1, 0.15) is 0 Å². The molecule has 3 nitrogen and oxygen atoms in total. The Morgan fingerprint density at radius 1 is 1.60 bits per heavy atom. The van der Waals surface area contributed by atoms with Gasteiger partial charge in [-0.05, 0) is 31.7 Å². The molecule has 0 heterocycles. The molecule has 0 fully saturated rings. The van der Waals surface area contributed by atoms with E-state index in [1.54, 1.807) is 0 Å². The summed E-state index contributed by atoms with van der Waals surface area (Å²) in [5.74, 6) is -0.327. The van der Waals surface area contributed by atoms with Crippen LogP contribution in [0.4, 0.5) is 0 Å². The fourth-order valence-electron chi connectivity index (χ4n) is 1.40. The first-order valence-electron chi connectivity index (χ1n) is 4.74. The van der Waals surface area contributed by atoms with Gasteiger partial charge >= 0.3 is 0 Å². The van der Waals surface area contributed by atoms with E-state index in [1.807, 2.05) is 43.1 Å². The van der Waals surface area contributed by atoms with Gasteiger partial charge in [0.15, 0.2) is 0 Å². The van der Waals surface area contributed by atoms with Crippen molar-refractivity contribution in [1.29, 1.82) is 0 Å². The third kappa shape index (κ3) is 3.53. The van der Waals surface area contributed by atoms with Crippen molar-refractivity contribution >= 4 is 17.5 Å². The summed E-state index contributed by atoms with van der Waals surface area (Å²) >= 11 is 5.89. The summed E-state index contributed by atoms with van der Waals surface area (Å²) in [5, 5.41) is 0.701. The Bertz CT molecular complexity index is 354. The van der Waals surface area contributed by atoms with Crippen molar-refractivity contribution in [2.24, 2.45) is 5.73 Å². The van der Waals surface area contributed by atoms with Crippen molar-refractivity contribution in [3.8, 4) is 0 Å². The lowest BCUT2D eigenvalue weighted by molar-refractivity contribution is -0.119. The van der Waals surface area contributed by atoms with Crippen molar-refractivity contribution in [3.63, 3.8) is 0 Å². The highest BCUT2D eigenvalue weighted by molar-refractivity contribution is 6.30. The average Bonchev–Trinajstić information content (AvgIpc) is 2.15. The number of carbonyl (C=O) groups is 1. The Morgan fingerprint density at radius 3 is 2.80 bits per heavy atom. The second-order valence-corrected chi connectivity index (χ2v) is 4.05. The molecule has 0 saturated carbocycles. The molecule has 0 aliphatic rings. The van der Waals surface area contributed by atoms with Crippen molar-refractivity contribution in [1.82, 2.24) is 4.90 Å².